The lowest BCUT2D eigenvalue weighted by molar-refractivity contribution is 0.0935. The number of anilines is 2. The molecule has 0 aliphatic heterocycles. The molecule has 1 fully saturated rings. The number of amides is 1. The molecule has 0 radical (unpaired) electrons. The number of hydrogen-bond donors (Lipinski definition) is 4. The van der Waals surface area contributed by atoms with E-state index in [1.807, 2.05) is 35.9 Å². The molecule has 4 aromatic rings. The summed E-state index contributed by atoms with van der Waals surface area (Å²) in [5.41, 5.74) is 11.7. The average Bonchev–Trinajstić information content (AvgIpc) is 3.21. The van der Waals surface area contributed by atoms with Gasteiger partial charge >= 0.3 is 0 Å². The highest BCUT2D eigenvalue weighted by atomic mass is 16.5. The molecule has 1 saturated carbocycles. The van der Waals surface area contributed by atoms with E-state index in [4.69, 9.17) is 15.5 Å². The Bertz CT molecular complexity index is 1540. The SMILES string of the molecule is C=C(C)C(O)Nc1ccc(-c2c(-c3ccc(C(=O)NCC4CCC4)c(OC)n3)c3c(N)ncnc3n2C)cc1. The minimum atomic E-state index is -0.847. The first-order valence-electron chi connectivity index (χ1n) is 12.9. The first-order chi connectivity index (χ1) is 18.8. The average molecular weight is 528 g/mol. The summed E-state index contributed by atoms with van der Waals surface area (Å²) < 4.78 is 7.51. The molecule has 1 aromatic carbocycles. The Labute approximate surface area is 226 Å². The zero-order valence-corrected chi connectivity index (χ0v) is 22.4. The minimum Gasteiger partial charge on any atom is -0.480 e. The van der Waals surface area contributed by atoms with Crippen molar-refractivity contribution in [2.75, 3.05) is 24.7 Å². The molecule has 0 spiro atoms. The van der Waals surface area contributed by atoms with Crippen LogP contribution in [0.2, 0.25) is 0 Å². The molecule has 10 heteroatoms. The number of aryl methyl sites for hydroxylation is 1. The van der Waals surface area contributed by atoms with E-state index in [1.165, 1.54) is 19.9 Å². The third-order valence-corrected chi connectivity index (χ3v) is 7.26. The van der Waals surface area contributed by atoms with Gasteiger partial charge in [0.15, 0.2) is 0 Å². The quantitative estimate of drug-likeness (QED) is 0.188. The summed E-state index contributed by atoms with van der Waals surface area (Å²) in [6.07, 6.45) is 4.10. The molecule has 1 atom stereocenters. The van der Waals surface area contributed by atoms with Crippen LogP contribution < -0.4 is 21.1 Å². The fourth-order valence-electron chi connectivity index (χ4n) is 4.81. The van der Waals surface area contributed by atoms with E-state index in [9.17, 15) is 9.90 Å². The fourth-order valence-corrected chi connectivity index (χ4v) is 4.81. The van der Waals surface area contributed by atoms with Gasteiger partial charge in [-0.05, 0) is 61.1 Å². The molecular formula is C29H33N7O3. The van der Waals surface area contributed by atoms with E-state index in [1.54, 1.807) is 19.1 Å². The van der Waals surface area contributed by atoms with Gasteiger partial charge in [0.2, 0.25) is 5.88 Å². The van der Waals surface area contributed by atoms with E-state index < -0.39 is 6.23 Å². The van der Waals surface area contributed by atoms with E-state index in [-0.39, 0.29) is 11.8 Å². The highest BCUT2D eigenvalue weighted by molar-refractivity contribution is 6.07. The molecule has 1 aliphatic carbocycles. The lowest BCUT2D eigenvalue weighted by Gasteiger charge is -2.25. The third kappa shape index (κ3) is 5.03. The standard InChI is InChI=1S/C29H33N7O3/c1-16(2)27(37)34-19-10-8-18(9-11-19)24-22(23-25(30)32-15-33-26(23)36(24)3)21-13-12-20(29(35-21)39-4)28(38)31-14-17-6-5-7-17/h8-13,15,17,27,34,37H,1,5-7,14H2,2-4H3,(H,31,38)(H2,30,32,33). The Hall–Kier alpha value is -4.44. The summed E-state index contributed by atoms with van der Waals surface area (Å²) in [4.78, 5) is 26.4. The molecule has 39 heavy (non-hydrogen) atoms. The van der Waals surface area contributed by atoms with Crippen LogP contribution in [0.3, 0.4) is 0 Å². The normalized spacial score (nSPS) is 14.1. The van der Waals surface area contributed by atoms with Gasteiger partial charge in [0.1, 0.15) is 29.6 Å². The van der Waals surface area contributed by atoms with Gasteiger partial charge in [0.25, 0.3) is 5.91 Å². The number of ether oxygens (including phenoxy) is 1. The van der Waals surface area contributed by atoms with Crippen LogP contribution in [-0.2, 0) is 7.05 Å². The third-order valence-electron chi connectivity index (χ3n) is 7.26. The minimum absolute atomic E-state index is 0.209. The number of nitrogen functional groups attached to an aromatic ring is 1. The van der Waals surface area contributed by atoms with Crippen molar-refractivity contribution in [2.45, 2.75) is 32.4 Å². The fraction of sp³-hybridized carbons (Fsp3) is 0.310. The lowest BCUT2D eigenvalue weighted by Crippen LogP contribution is -2.32. The monoisotopic (exact) mass is 527 g/mol. The maximum Gasteiger partial charge on any atom is 0.256 e. The number of fused-ring (bicyclic) bond motifs is 1. The van der Waals surface area contributed by atoms with Gasteiger partial charge in [-0.2, -0.15) is 0 Å². The Morgan fingerprint density at radius 2 is 1.97 bits per heavy atom. The first-order valence-corrected chi connectivity index (χ1v) is 12.9. The van der Waals surface area contributed by atoms with Gasteiger partial charge in [0, 0.05) is 24.8 Å². The van der Waals surface area contributed by atoms with Gasteiger partial charge in [0.05, 0.1) is 23.9 Å². The summed E-state index contributed by atoms with van der Waals surface area (Å²) >= 11 is 0. The number of pyridine rings is 1. The van der Waals surface area contributed by atoms with Crippen LogP contribution in [0.1, 0.15) is 36.5 Å². The number of carbonyl (C=O) groups is 1. The highest BCUT2D eigenvalue weighted by Crippen LogP contribution is 2.41. The molecular weight excluding hydrogens is 494 g/mol. The number of carbonyl (C=O) groups excluding carboxylic acids is 1. The molecule has 5 rings (SSSR count). The molecule has 0 saturated heterocycles. The van der Waals surface area contributed by atoms with Crippen LogP contribution in [0.5, 0.6) is 5.88 Å². The van der Waals surface area contributed by atoms with E-state index in [2.05, 4.69) is 27.2 Å². The number of nitrogens with one attached hydrogen (secondary N) is 2. The maximum atomic E-state index is 12.9. The smallest absolute Gasteiger partial charge is 0.256 e. The van der Waals surface area contributed by atoms with E-state index >= 15 is 0 Å². The van der Waals surface area contributed by atoms with E-state index in [0.717, 1.165) is 35.3 Å². The van der Waals surface area contributed by atoms with Crippen molar-refractivity contribution in [3.63, 3.8) is 0 Å². The Balaban J connectivity index is 1.58. The summed E-state index contributed by atoms with van der Waals surface area (Å²) in [5.74, 6) is 0.881. The van der Waals surface area contributed by atoms with Crippen molar-refractivity contribution in [3.8, 4) is 28.4 Å². The van der Waals surface area contributed by atoms with Gasteiger partial charge in [-0.3, -0.25) is 4.79 Å². The Morgan fingerprint density at radius 1 is 1.23 bits per heavy atom. The van der Waals surface area contributed by atoms with Crippen LogP contribution in [-0.4, -0.2) is 50.4 Å². The van der Waals surface area contributed by atoms with Crippen molar-refractivity contribution < 1.29 is 14.6 Å². The number of aliphatic hydroxyl groups is 1. The molecule has 1 amide bonds. The number of aromatic nitrogens is 4. The number of rotatable bonds is 9. The van der Waals surface area contributed by atoms with Gasteiger partial charge < -0.3 is 30.8 Å². The molecule has 1 aliphatic rings. The second kappa shape index (κ2) is 10.7. The molecule has 202 valence electrons. The molecule has 3 heterocycles. The zero-order chi connectivity index (χ0) is 27.7. The number of methoxy groups -OCH3 is 1. The Morgan fingerprint density at radius 3 is 2.62 bits per heavy atom. The predicted octanol–water partition coefficient (Wildman–Crippen LogP) is 4.12. The topological polar surface area (TPSA) is 140 Å². The highest BCUT2D eigenvalue weighted by Gasteiger charge is 2.25. The van der Waals surface area contributed by atoms with Crippen LogP contribution in [0.15, 0.2) is 54.9 Å². The zero-order valence-electron chi connectivity index (χ0n) is 22.4. The van der Waals surface area contributed by atoms with Gasteiger partial charge in [-0.15, -0.1) is 0 Å². The maximum absolute atomic E-state index is 12.9. The largest absolute Gasteiger partial charge is 0.480 e. The number of benzene rings is 1. The van der Waals surface area contributed by atoms with Crippen molar-refractivity contribution in [2.24, 2.45) is 13.0 Å². The second-order valence-corrected chi connectivity index (χ2v) is 9.97. The molecule has 3 aromatic heterocycles. The van der Waals surface area contributed by atoms with Gasteiger partial charge in [-0.25, -0.2) is 15.0 Å². The van der Waals surface area contributed by atoms with Crippen LogP contribution in [0.25, 0.3) is 33.5 Å². The van der Waals surface area contributed by atoms with Crippen LogP contribution in [0, 0.1) is 5.92 Å². The van der Waals surface area contributed by atoms with E-state index in [0.29, 0.717) is 46.1 Å². The number of aliphatic hydroxyl groups excluding tert-OH is 1. The van der Waals surface area contributed by atoms with Crippen molar-refractivity contribution in [3.05, 3.63) is 60.4 Å². The number of nitrogens with two attached hydrogens (primary N) is 1. The van der Waals surface area contributed by atoms with Crippen molar-refractivity contribution in [1.82, 2.24) is 24.8 Å². The summed E-state index contributed by atoms with van der Waals surface area (Å²) in [6.45, 7) is 6.18. The number of hydrogen-bond acceptors (Lipinski definition) is 8. The first kappa shape index (κ1) is 26.2. The summed E-state index contributed by atoms with van der Waals surface area (Å²) in [5, 5.41) is 16.8. The number of nitrogens with zero attached hydrogens (tertiary/aromatic N) is 4. The summed E-state index contributed by atoms with van der Waals surface area (Å²) in [6, 6.07) is 11.2. The van der Waals surface area contributed by atoms with Crippen molar-refractivity contribution >= 4 is 28.4 Å². The molecule has 5 N–H and O–H groups in total. The predicted molar refractivity (Wildman–Crippen MR) is 152 cm³/mol. The second-order valence-electron chi connectivity index (χ2n) is 9.97. The van der Waals surface area contributed by atoms with Gasteiger partial charge in [-0.1, -0.05) is 25.1 Å². The van der Waals surface area contributed by atoms with Crippen LogP contribution in [0.4, 0.5) is 11.5 Å². The summed E-state index contributed by atoms with van der Waals surface area (Å²) in [7, 11) is 3.41. The molecule has 0 bridgehead atoms. The van der Waals surface area contributed by atoms with Crippen LogP contribution >= 0.6 is 0 Å². The molecule has 10 nitrogen and oxygen atoms in total. The molecule has 1 unspecified atom stereocenters. The lowest BCUT2D eigenvalue weighted by atomic mass is 9.85. The Kier molecular flexibility index (Phi) is 7.21. The van der Waals surface area contributed by atoms with Crippen molar-refractivity contribution in [1.29, 1.82) is 0 Å².